The molecule has 1 aromatic carbocycles. The number of hydrogen-bond acceptors (Lipinski definition) is 3. The molecule has 0 aliphatic carbocycles. The number of aliphatic imine (C=N–C) groups is 1. The fraction of sp³-hybridized carbons (Fsp3) is 0.474. The fourth-order valence-corrected chi connectivity index (χ4v) is 2.41. The molecule has 0 radical (unpaired) electrons. The van der Waals surface area contributed by atoms with Crippen molar-refractivity contribution in [3.05, 3.63) is 35.9 Å². The third-order valence-electron chi connectivity index (χ3n) is 3.99. The van der Waals surface area contributed by atoms with Crippen LogP contribution in [0.5, 0.6) is 0 Å². The topological polar surface area (TPSA) is 52.6 Å². The summed E-state index contributed by atoms with van der Waals surface area (Å²) < 4.78 is 0. The van der Waals surface area contributed by atoms with Gasteiger partial charge in [-0.15, -0.1) is 0 Å². The minimum Gasteiger partial charge on any atom is -0.363 e. The first-order valence-electron chi connectivity index (χ1n) is 8.66. The number of fused-ring (bicyclic) bond motifs is 1. The monoisotopic (exact) mass is 327 g/mol. The first kappa shape index (κ1) is 18.0. The molecule has 2 N–H and O–H groups in total. The zero-order valence-corrected chi connectivity index (χ0v) is 15.4. The van der Waals surface area contributed by atoms with Gasteiger partial charge in [-0.1, -0.05) is 25.1 Å². The Morgan fingerprint density at radius 3 is 2.67 bits per heavy atom. The number of nitrogens with one attached hydrogen (secondary N) is 2. The average molecular weight is 327 g/mol. The van der Waals surface area contributed by atoms with Crippen LogP contribution in [0.3, 0.4) is 0 Å². The van der Waals surface area contributed by atoms with Crippen LogP contribution in [0.25, 0.3) is 10.9 Å². The van der Waals surface area contributed by atoms with Crippen molar-refractivity contribution in [2.75, 3.05) is 25.5 Å². The smallest absolute Gasteiger partial charge is 0.191 e. The highest BCUT2D eigenvalue weighted by Crippen LogP contribution is 2.22. The summed E-state index contributed by atoms with van der Waals surface area (Å²) in [5.41, 5.74) is 2.19. The van der Waals surface area contributed by atoms with Gasteiger partial charge in [-0.2, -0.15) is 0 Å². The summed E-state index contributed by atoms with van der Waals surface area (Å²) in [6.07, 6.45) is 1.06. The first-order chi connectivity index (χ1) is 11.5. The van der Waals surface area contributed by atoms with E-state index in [2.05, 4.69) is 55.7 Å². The predicted octanol–water partition coefficient (Wildman–Crippen LogP) is 3.15. The number of guanidine groups is 1. The van der Waals surface area contributed by atoms with Gasteiger partial charge in [-0.05, 0) is 38.0 Å². The highest BCUT2D eigenvalue weighted by Gasteiger charge is 2.08. The van der Waals surface area contributed by atoms with E-state index in [4.69, 9.17) is 9.98 Å². The largest absolute Gasteiger partial charge is 0.363 e. The Kier molecular flexibility index (Phi) is 6.41. The van der Waals surface area contributed by atoms with E-state index in [0.29, 0.717) is 12.6 Å². The van der Waals surface area contributed by atoms with Crippen molar-refractivity contribution in [3.63, 3.8) is 0 Å². The predicted molar refractivity (Wildman–Crippen MR) is 104 cm³/mol. The molecule has 5 heteroatoms. The Balaban J connectivity index is 2.34. The van der Waals surface area contributed by atoms with Crippen LogP contribution >= 0.6 is 0 Å². The molecule has 2 rings (SSSR count). The van der Waals surface area contributed by atoms with Crippen molar-refractivity contribution < 1.29 is 0 Å². The Labute approximate surface area is 145 Å². The van der Waals surface area contributed by atoms with Gasteiger partial charge < -0.3 is 15.5 Å². The van der Waals surface area contributed by atoms with Crippen LogP contribution in [0.2, 0.25) is 0 Å². The molecule has 1 unspecified atom stereocenters. The van der Waals surface area contributed by atoms with E-state index in [1.165, 1.54) is 5.56 Å². The maximum atomic E-state index is 4.77. The first-order valence-corrected chi connectivity index (χ1v) is 8.66. The number of benzene rings is 1. The molecule has 0 saturated carbocycles. The second kappa shape index (κ2) is 8.52. The number of pyridine rings is 1. The van der Waals surface area contributed by atoms with Crippen LogP contribution in [-0.4, -0.2) is 37.6 Å². The minimum atomic E-state index is 0.398. The van der Waals surface area contributed by atoms with Gasteiger partial charge in [-0.25, -0.2) is 9.98 Å². The van der Waals surface area contributed by atoms with Crippen molar-refractivity contribution in [3.8, 4) is 0 Å². The van der Waals surface area contributed by atoms with Crippen molar-refractivity contribution in [2.45, 2.75) is 39.8 Å². The van der Waals surface area contributed by atoms with Gasteiger partial charge in [0, 0.05) is 32.1 Å². The lowest BCUT2D eigenvalue weighted by Crippen LogP contribution is -2.41. The SMILES string of the molecule is CCNC(=NCc1cc(N(C)C)nc2ccccc12)NC(C)CC. The molecule has 130 valence electrons. The molecule has 0 bridgehead atoms. The van der Waals surface area contributed by atoms with E-state index >= 15 is 0 Å². The minimum absolute atomic E-state index is 0.398. The van der Waals surface area contributed by atoms with Crippen LogP contribution in [0.1, 0.15) is 32.8 Å². The summed E-state index contributed by atoms with van der Waals surface area (Å²) in [5, 5.41) is 7.91. The summed E-state index contributed by atoms with van der Waals surface area (Å²) in [6.45, 7) is 7.89. The molecule has 1 heterocycles. The number of nitrogens with zero attached hydrogens (tertiary/aromatic N) is 3. The van der Waals surface area contributed by atoms with E-state index in [1.807, 2.05) is 25.1 Å². The zero-order chi connectivity index (χ0) is 17.5. The van der Waals surface area contributed by atoms with Crippen LogP contribution in [0.4, 0.5) is 5.82 Å². The molecule has 0 fully saturated rings. The van der Waals surface area contributed by atoms with Gasteiger partial charge in [0.15, 0.2) is 5.96 Å². The van der Waals surface area contributed by atoms with Crippen LogP contribution in [0, 0.1) is 0 Å². The molecule has 5 nitrogen and oxygen atoms in total. The van der Waals surface area contributed by atoms with Gasteiger partial charge in [0.2, 0.25) is 0 Å². The van der Waals surface area contributed by atoms with Gasteiger partial charge in [0.1, 0.15) is 5.82 Å². The third kappa shape index (κ3) is 4.60. The standard InChI is InChI=1S/C19H29N5/c1-6-14(3)22-19(20-7-2)21-13-15-12-18(24(4)5)23-17-11-9-8-10-16(15)17/h8-12,14H,6-7,13H2,1-5H3,(H2,20,21,22). The molecule has 2 aromatic rings. The van der Waals surface area contributed by atoms with Crippen LogP contribution < -0.4 is 15.5 Å². The Hall–Kier alpha value is -2.30. The lowest BCUT2D eigenvalue weighted by Gasteiger charge is -2.17. The average Bonchev–Trinajstić information content (AvgIpc) is 2.59. The van der Waals surface area contributed by atoms with Gasteiger partial charge in [0.25, 0.3) is 0 Å². The highest BCUT2D eigenvalue weighted by atomic mass is 15.2. The number of rotatable bonds is 6. The van der Waals surface area contributed by atoms with E-state index in [9.17, 15) is 0 Å². The Bertz CT molecular complexity index is 693. The Morgan fingerprint density at radius 1 is 1.25 bits per heavy atom. The maximum absolute atomic E-state index is 4.77. The van der Waals surface area contributed by atoms with E-state index in [1.54, 1.807) is 0 Å². The summed E-state index contributed by atoms with van der Waals surface area (Å²) in [4.78, 5) is 11.5. The third-order valence-corrected chi connectivity index (χ3v) is 3.99. The highest BCUT2D eigenvalue weighted by molar-refractivity contribution is 5.85. The summed E-state index contributed by atoms with van der Waals surface area (Å²) >= 11 is 0. The van der Waals surface area contributed by atoms with Crippen LogP contribution in [-0.2, 0) is 6.54 Å². The Morgan fingerprint density at radius 2 is 2.00 bits per heavy atom. The molecule has 0 aliphatic heterocycles. The van der Waals surface area contributed by atoms with Crippen molar-refractivity contribution in [1.82, 2.24) is 15.6 Å². The van der Waals surface area contributed by atoms with Gasteiger partial charge in [-0.3, -0.25) is 0 Å². The van der Waals surface area contributed by atoms with Crippen LogP contribution in [0.15, 0.2) is 35.3 Å². The van der Waals surface area contributed by atoms with Gasteiger partial charge in [0.05, 0.1) is 12.1 Å². The summed E-state index contributed by atoms with van der Waals surface area (Å²) in [7, 11) is 4.03. The molecule has 1 atom stereocenters. The van der Waals surface area contributed by atoms with E-state index < -0.39 is 0 Å². The number of para-hydroxylation sites is 1. The van der Waals surface area contributed by atoms with Gasteiger partial charge >= 0.3 is 0 Å². The molecule has 1 aromatic heterocycles. The number of hydrogen-bond donors (Lipinski definition) is 2. The second-order valence-corrected chi connectivity index (χ2v) is 6.20. The molecule has 0 amide bonds. The van der Waals surface area contributed by atoms with Crippen molar-refractivity contribution in [1.29, 1.82) is 0 Å². The fourth-order valence-electron chi connectivity index (χ4n) is 2.41. The number of aromatic nitrogens is 1. The normalized spacial score (nSPS) is 13.0. The number of anilines is 1. The summed E-state index contributed by atoms with van der Waals surface area (Å²) in [6, 6.07) is 10.8. The van der Waals surface area contributed by atoms with E-state index in [-0.39, 0.29) is 0 Å². The van der Waals surface area contributed by atoms with Crippen molar-refractivity contribution in [2.24, 2.45) is 4.99 Å². The summed E-state index contributed by atoms with van der Waals surface area (Å²) in [5.74, 6) is 1.82. The maximum Gasteiger partial charge on any atom is 0.191 e. The van der Waals surface area contributed by atoms with E-state index in [0.717, 1.165) is 35.6 Å². The quantitative estimate of drug-likeness (QED) is 0.632. The molecule has 24 heavy (non-hydrogen) atoms. The molecule has 0 saturated heterocycles. The molecule has 0 aliphatic rings. The zero-order valence-electron chi connectivity index (χ0n) is 15.4. The molecular formula is C19H29N5. The molecule has 0 spiro atoms. The molecular weight excluding hydrogens is 298 g/mol. The second-order valence-electron chi connectivity index (χ2n) is 6.20. The lowest BCUT2D eigenvalue weighted by atomic mass is 10.1. The lowest BCUT2D eigenvalue weighted by molar-refractivity contribution is 0.624. The van der Waals surface area contributed by atoms with Crippen molar-refractivity contribution >= 4 is 22.7 Å².